The van der Waals surface area contributed by atoms with E-state index in [1.807, 2.05) is 6.92 Å². The van der Waals surface area contributed by atoms with Crippen LogP contribution in [0.4, 0.5) is 10.1 Å². The molecule has 21 heavy (non-hydrogen) atoms. The minimum atomic E-state index is -0.346. The van der Waals surface area contributed by atoms with E-state index in [1.54, 1.807) is 12.1 Å². The van der Waals surface area contributed by atoms with Gasteiger partial charge in [0.2, 0.25) is 0 Å². The Morgan fingerprint density at radius 2 is 1.90 bits per heavy atom. The highest BCUT2D eigenvalue weighted by Gasteiger charge is 2.12. The Morgan fingerprint density at radius 1 is 1.19 bits per heavy atom. The number of aryl methyl sites for hydroxylation is 2. The summed E-state index contributed by atoms with van der Waals surface area (Å²) in [7, 11) is 1.47. The van der Waals surface area contributed by atoms with Crippen LogP contribution in [-0.4, -0.2) is 7.11 Å². The standard InChI is InChI=1S/C17H19BrFNO/c1-10-7-11(2)17(14(18)8-10)20-12(3)13-5-6-15(19)16(9-13)21-4/h5-9,12,20H,1-4H3. The summed E-state index contributed by atoms with van der Waals surface area (Å²) in [4.78, 5) is 0. The lowest BCUT2D eigenvalue weighted by Gasteiger charge is -2.20. The van der Waals surface area contributed by atoms with Crippen molar-refractivity contribution in [3.05, 3.63) is 57.3 Å². The first kappa shape index (κ1) is 15.8. The highest BCUT2D eigenvalue weighted by atomic mass is 79.9. The van der Waals surface area contributed by atoms with E-state index in [-0.39, 0.29) is 17.6 Å². The molecular weight excluding hydrogens is 333 g/mol. The predicted octanol–water partition coefficient (Wildman–Crippen LogP) is 5.39. The molecule has 0 fully saturated rings. The molecule has 2 rings (SSSR count). The molecule has 2 aromatic rings. The third-order valence-corrected chi connectivity index (χ3v) is 4.09. The van der Waals surface area contributed by atoms with E-state index in [9.17, 15) is 4.39 Å². The SMILES string of the molecule is COc1cc(C(C)Nc2c(C)cc(C)cc2Br)ccc1F. The van der Waals surface area contributed by atoms with Crippen molar-refractivity contribution in [2.45, 2.75) is 26.8 Å². The lowest BCUT2D eigenvalue weighted by molar-refractivity contribution is 0.385. The van der Waals surface area contributed by atoms with Crippen LogP contribution in [0.5, 0.6) is 5.75 Å². The fraction of sp³-hybridized carbons (Fsp3) is 0.294. The van der Waals surface area contributed by atoms with E-state index in [4.69, 9.17) is 4.74 Å². The van der Waals surface area contributed by atoms with Gasteiger partial charge in [0.05, 0.1) is 12.8 Å². The van der Waals surface area contributed by atoms with Gasteiger partial charge in [-0.1, -0.05) is 12.1 Å². The van der Waals surface area contributed by atoms with Crippen molar-refractivity contribution in [2.75, 3.05) is 12.4 Å². The number of halogens is 2. The van der Waals surface area contributed by atoms with Gasteiger partial charge in [-0.15, -0.1) is 0 Å². The first-order valence-electron chi connectivity index (χ1n) is 6.79. The van der Waals surface area contributed by atoms with E-state index >= 15 is 0 Å². The highest BCUT2D eigenvalue weighted by Crippen LogP contribution is 2.32. The second-order valence-corrected chi connectivity index (χ2v) is 6.05. The van der Waals surface area contributed by atoms with Crippen molar-refractivity contribution in [3.63, 3.8) is 0 Å². The Labute approximate surface area is 133 Å². The van der Waals surface area contributed by atoms with Gasteiger partial charge < -0.3 is 10.1 Å². The molecule has 0 amide bonds. The number of hydrogen-bond acceptors (Lipinski definition) is 2. The molecule has 2 aromatic carbocycles. The second kappa shape index (κ2) is 6.48. The first-order chi connectivity index (χ1) is 9.92. The molecule has 0 radical (unpaired) electrons. The van der Waals surface area contributed by atoms with E-state index in [2.05, 4.69) is 47.2 Å². The van der Waals surface area contributed by atoms with Crippen molar-refractivity contribution in [2.24, 2.45) is 0 Å². The smallest absolute Gasteiger partial charge is 0.165 e. The zero-order valence-corrected chi connectivity index (χ0v) is 14.2. The molecule has 1 unspecified atom stereocenters. The van der Waals surface area contributed by atoms with E-state index in [0.29, 0.717) is 0 Å². The number of anilines is 1. The maximum atomic E-state index is 13.5. The van der Waals surface area contributed by atoms with Gasteiger partial charge >= 0.3 is 0 Å². The summed E-state index contributed by atoms with van der Waals surface area (Å²) in [6, 6.07) is 9.18. The van der Waals surface area contributed by atoms with Gasteiger partial charge in [-0.05, 0) is 71.6 Å². The normalized spacial score (nSPS) is 12.1. The van der Waals surface area contributed by atoms with E-state index < -0.39 is 0 Å². The van der Waals surface area contributed by atoms with Crippen molar-refractivity contribution < 1.29 is 9.13 Å². The molecule has 0 aliphatic heterocycles. The summed E-state index contributed by atoms with van der Waals surface area (Å²) in [6.07, 6.45) is 0. The van der Waals surface area contributed by atoms with Crippen LogP contribution in [0.25, 0.3) is 0 Å². The molecule has 0 bridgehead atoms. The summed E-state index contributed by atoms with van der Waals surface area (Å²) in [5.74, 6) is -0.0815. The topological polar surface area (TPSA) is 21.3 Å². The quantitative estimate of drug-likeness (QED) is 0.797. The molecule has 0 aliphatic carbocycles. The summed E-state index contributed by atoms with van der Waals surface area (Å²) >= 11 is 3.59. The van der Waals surface area contributed by atoms with Gasteiger partial charge in [-0.25, -0.2) is 4.39 Å². The zero-order valence-electron chi connectivity index (χ0n) is 12.6. The van der Waals surface area contributed by atoms with Crippen molar-refractivity contribution >= 4 is 21.6 Å². The first-order valence-corrected chi connectivity index (χ1v) is 7.58. The van der Waals surface area contributed by atoms with Gasteiger partial charge in [-0.3, -0.25) is 0 Å². The Kier molecular flexibility index (Phi) is 4.88. The third-order valence-electron chi connectivity index (χ3n) is 3.47. The summed E-state index contributed by atoms with van der Waals surface area (Å²) in [5.41, 5.74) is 4.40. The van der Waals surface area contributed by atoms with Crippen LogP contribution in [0.3, 0.4) is 0 Å². The molecule has 0 heterocycles. The third kappa shape index (κ3) is 3.56. The van der Waals surface area contributed by atoms with Crippen LogP contribution < -0.4 is 10.1 Å². The predicted molar refractivity (Wildman–Crippen MR) is 88.6 cm³/mol. The molecule has 0 aliphatic rings. The fourth-order valence-corrected chi connectivity index (χ4v) is 3.13. The van der Waals surface area contributed by atoms with E-state index in [1.165, 1.54) is 24.3 Å². The Bertz CT molecular complexity index is 634. The lowest BCUT2D eigenvalue weighted by atomic mass is 10.1. The van der Waals surface area contributed by atoms with Gasteiger partial charge in [0.25, 0.3) is 0 Å². The molecule has 4 heteroatoms. The number of benzene rings is 2. The van der Waals surface area contributed by atoms with Crippen LogP contribution in [0.15, 0.2) is 34.8 Å². The molecule has 2 nitrogen and oxygen atoms in total. The molecule has 1 atom stereocenters. The molecule has 112 valence electrons. The van der Waals surface area contributed by atoms with Crippen LogP contribution in [-0.2, 0) is 0 Å². The van der Waals surface area contributed by atoms with Gasteiger partial charge in [0.1, 0.15) is 0 Å². The van der Waals surface area contributed by atoms with Crippen LogP contribution >= 0.6 is 15.9 Å². The fourth-order valence-electron chi connectivity index (χ4n) is 2.34. The second-order valence-electron chi connectivity index (χ2n) is 5.20. The summed E-state index contributed by atoms with van der Waals surface area (Å²) < 4.78 is 19.5. The zero-order chi connectivity index (χ0) is 15.6. The minimum absolute atomic E-state index is 0.0391. The summed E-state index contributed by atoms with van der Waals surface area (Å²) in [6.45, 7) is 6.17. The minimum Gasteiger partial charge on any atom is -0.494 e. The molecule has 0 aromatic heterocycles. The number of methoxy groups -OCH3 is 1. The van der Waals surface area contributed by atoms with Crippen LogP contribution in [0, 0.1) is 19.7 Å². The highest BCUT2D eigenvalue weighted by molar-refractivity contribution is 9.10. The Morgan fingerprint density at radius 3 is 2.52 bits per heavy atom. The number of hydrogen-bond donors (Lipinski definition) is 1. The van der Waals surface area contributed by atoms with Crippen LogP contribution in [0.1, 0.15) is 29.7 Å². The van der Waals surface area contributed by atoms with E-state index in [0.717, 1.165) is 15.7 Å². The molecule has 0 spiro atoms. The number of nitrogens with one attached hydrogen (secondary N) is 1. The van der Waals surface area contributed by atoms with Crippen molar-refractivity contribution in [1.82, 2.24) is 0 Å². The number of rotatable bonds is 4. The average molecular weight is 352 g/mol. The average Bonchev–Trinajstić information content (AvgIpc) is 2.43. The Hall–Kier alpha value is -1.55. The van der Waals surface area contributed by atoms with Gasteiger partial charge in [-0.2, -0.15) is 0 Å². The summed E-state index contributed by atoms with van der Waals surface area (Å²) in [5, 5.41) is 3.47. The van der Waals surface area contributed by atoms with Gasteiger partial charge in [0, 0.05) is 10.5 Å². The molecule has 0 saturated carbocycles. The number of ether oxygens (including phenoxy) is 1. The molecule has 1 N–H and O–H groups in total. The largest absolute Gasteiger partial charge is 0.494 e. The Balaban J connectivity index is 2.28. The molecular formula is C17H19BrFNO. The monoisotopic (exact) mass is 351 g/mol. The van der Waals surface area contributed by atoms with Crippen molar-refractivity contribution in [1.29, 1.82) is 0 Å². The molecule has 0 saturated heterocycles. The van der Waals surface area contributed by atoms with Crippen molar-refractivity contribution in [3.8, 4) is 5.75 Å². The maximum absolute atomic E-state index is 13.5. The lowest BCUT2D eigenvalue weighted by Crippen LogP contribution is -2.09. The van der Waals surface area contributed by atoms with Gasteiger partial charge in [0.15, 0.2) is 11.6 Å². The van der Waals surface area contributed by atoms with Crippen LogP contribution in [0.2, 0.25) is 0 Å². The maximum Gasteiger partial charge on any atom is 0.165 e.